The first-order valence-corrected chi connectivity index (χ1v) is 7.24. The van der Waals surface area contributed by atoms with Gasteiger partial charge in [-0.3, -0.25) is 10.2 Å². The second-order valence-corrected chi connectivity index (χ2v) is 5.31. The molecule has 1 aromatic carbocycles. The Bertz CT molecular complexity index is 462. The zero-order valence-electron chi connectivity index (χ0n) is 11.4. The van der Waals surface area contributed by atoms with Crippen LogP contribution in [0.1, 0.15) is 19.3 Å². The summed E-state index contributed by atoms with van der Waals surface area (Å²) in [6, 6.07) is 4.92. The summed E-state index contributed by atoms with van der Waals surface area (Å²) in [4.78, 5) is 14.0. The van der Waals surface area contributed by atoms with Gasteiger partial charge in [-0.2, -0.15) is 0 Å². The Labute approximate surface area is 124 Å². The van der Waals surface area contributed by atoms with Gasteiger partial charge < -0.3 is 10.5 Å². The summed E-state index contributed by atoms with van der Waals surface area (Å²) < 4.78 is 5.15. The van der Waals surface area contributed by atoms with Crippen LogP contribution in [0.5, 0.6) is 0 Å². The lowest BCUT2D eigenvalue weighted by Crippen LogP contribution is -2.33. The van der Waals surface area contributed by atoms with E-state index in [4.69, 9.17) is 22.1 Å². The normalized spacial score (nSPS) is 15.8. The highest BCUT2D eigenvalue weighted by molar-refractivity contribution is 6.33. The average Bonchev–Trinajstić information content (AvgIpc) is 2.43. The Balaban J connectivity index is 1.72. The summed E-state index contributed by atoms with van der Waals surface area (Å²) in [5.74, 6) is 0. The molecule has 1 aliphatic heterocycles. The van der Waals surface area contributed by atoms with Crippen molar-refractivity contribution in [1.29, 1.82) is 0 Å². The van der Waals surface area contributed by atoms with Crippen molar-refractivity contribution in [3.63, 3.8) is 0 Å². The van der Waals surface area contributed by atoms with Crippen molar-refractivity contribution in [2.75, 3.05) is 37.3 Å². The zero-order chi connectivity index (χ0) is 14.4. The molecule has 0 saturated carbocycles. The number of nitrogens with one attached hydrogen (secondary N) is 1. The third-order valence-corrected chi connectivity index (χ3v) is 3.63. The van der Waals surface area contributed by atoms with E-state index in [2.05, 4.69) is 10.2 Å². The van der Waals surface area contributed by atoms with Gasteiger partial charge in [0.05, 0.1) is 10.7 Å². The summed E-state index contributed by atoms with van der Waals surface area (Å²) in [5, 5.41) is 3.01. The highest BCUT2D eigenvalue weighted by atomic mass is 35.5. The third kappa shape index (κ3) is 4.58. The number of rotatable bonds is 4. The van der Waals surface area contributed by atoms with Crippen LogP contribution in [0.2, 0.25) is 5.02 Å². The minimum absolute atomic E-state index is 0.387. The number of nitrogens with zero attached hydrogens (tertiary/aromatic N) is 1. The Morgan fingerprint density at radius 2 is 2.10 bits per heavy atom. The number of nitrogens with two attached hydrogens (primary N) is 1. The summed E-state index contributed by atoms with van der Waals surface area (Å²) in [7, 11) is 0. The lowest BCUT2D eigenvalue weighted by Gasteiger charge is -2.25. The van der Waals surface area contributed by atoms with Crippen LogP contribution in [-0.2, 0) is 4.74 Å². The molecule has 1 saturated heterocycles. The fourth-order valence-electron chi connectivity index (χ4n) is 2.23. The predicted molar refractivity (Wildman–Crippen MR) is 81.1 cm³/mol. The van der Waals surface area contributed by atoms with Crippen LogP contribution in [0.4, 0.5) is 16.2 Å². The van der Waals surface area contributed by atoms with Gasteiger partial charge in [0.1, 0.15) is 6.61 Å². The minimum Gasteiger partial charge on any atom is -0.448 e. The van der Waals surface area contributed by atoms with E-state index >= 15 is 0 Å². The summed E-state index contributed by atoms with van der Waals surface area (Å²) in [5.41, 5.74) is 6.65. The quantitative estimate of drug-likeness (QED) is 0.839. The maximum atomic E-state index is 11.6. The molecule has 1 amide bonds. The van der Waals surface area contributed by atoms with Crippen LogP contribution in [0.15, 0.2) is 18.2 Å². The number of carbonyl (C=O) groups excluding carboxylic acids is 1. The first-order chi connectivity index (χ1) is 9.65. The molecule has 1 aliphatic rings. The van der Waals surface area contributed by atoms with Crippen molar-refractivity contribution in [3.05, 3.63) is 23.2 Å². The topological polar surface area (TPSA) is 67.6 Å². The largest absolute Gasteiger partial charge is 0.448 e. The van der Waals surface area contributed by atoms with E-state index in [1.165, 1.54) is 19.3 Å². The molecule has 1 aromatic rings. The number of amides is 1. The average molecular weight is 298 g/mol. The van der Waals surface area contributed by atoms with Crippen LogP contribution in [0.25, 0.3) is 0 Å². The van der Waals surface area contributed by atoms with Crippen molar-refractivity contribution in [1.82, 2.24) is 4.90 Å². The monoisotopic (exact) mass is 297 g/mol. The number of benzene rings is 1. The predicted octanol–water partition coefficient (Wildman–Crippen LogP) is 2.96. The molecule has 110 valence electrons. The van der Waals surface area contributed by atoms with Crippen LogP contribution in [0.3, 0.4) is 0 Å². The highest BCUT2D eigenvalue weighted by Crippen LogP contribution is 2.24. The van der Waals surface area contributed by atoms with Gasteiger partial charge in [0.15, 0.2) is 0 Å². The van der Waals surface area contributed by atoms with Gasteiger partial charge >= 0.3 is 6.09 Å². The number of carbonyl (C=O) groups is 1. The van der Waals surface area contributed by atoms with Crippen molar-refractivity contribution in [2.24, 2.45) is 0 Å². The Kier molecular flexibility index (Phi) is 5.49. The Morgan fingerprint density at radius 3 is 2.80 bits per heavy atom. The maximum Gasteiger partial charge on any atom is 0.411 e. The molecule has 5 nitrogen and oxygen atoms in total. The summed E-state index contributed by atoms with van der Waals surface area (Å²) >= 11 is 5.97. The molecular formula is C14H20ClN3O2. The number of hydrogen-bond acceptors (Lipinski definition) is 4. The molecular weight excluding hydrogens is 278 g/mol. The van der Waals surface area contributed by atoms with Crippen molar-refractivity contribution in [2.45, 2.75) is 19.3 Å². The Morgan fingerprint density at radius 1 is 1.35 bits per heavy atom. The summed E-state index contributed by atoms with van der Waals surface area (Å²) in [6.07, 6.45) is 3.27. The fourth-order valence-corrected chi connectivity index (χ4v) is 2.47. The molecule has 0 radical (unpaired) electrons. The van der Waals surface area contributed by atoms with E-state index in [9.17, 15) is 4.79 Å². The van der Waals surface area contributed by atoms with Gasteiger partial charge in [-0.1, -0.05) is 18.0 Å². The number of piperidine rings is 1. The van der Waals surface area contributed by atoms with Crippen LogP contribution in [0, 0.1) is 0 Å². The zero-order valence-corrected chi connectivity index (χ0v) is 12.2. The van der Waals surface area contributed by atoms with Gasteiger partial charge in [-0.15, -0.1) is 0 Å². The molecule has 1 fully saturated rings. The van der Waals surface area contributed by atoms with Gasteiger partial charge in [0, 0.05) is 12.2 Å². The third-order valence-electron chi connectivity index (χ3n) is 3.32. The van der Waals surface area contributed by atoms with Crippen LogP contribution in [-0.4, -0.2) is 37.2 Å². The molecule has 1 heterocycles. The smallest absolute Gasteiger partial charge is 0.411 e. The fraction of sp³-hybridized carbons (Fsp3) is 0.500. The van der Waals surface area contributed by atoms with E-state index in [-0.39, 0.29) is 0 Å². The van der Waals surface area contributed by atoms with Crippen molar-refractivity contribution < 1.29 is 9.53 Å². The van der Waals surface area contributed by atoms with E-state index in [1.54, 1.807) is 18.2 Å². The number of likely N-dealkylation sites (tertiary alicyclic amines) is 1. The van der Waals surface area contributed by atoms with Crippen LogP contribution >= 0.6 is 11.6 Å². The second kappa shape index (κ2) is 7.36. The molecule has 6 heteroatoms. The molecule has 3 N–H and O–H groups in total. The van der Waals surface area contributed by atoms with Gasteiger partial charge in [0.25, 0.3) is 0 Å². The minimum atomic E-state index is -0.492. The van der Waals surface area contributed by atoms with E-state index in [0.29, 0.717) is 23.0 Å². The van der Waals surface area contributed by atoms with E-state index in [1.807, 2.05) is 0 Å². The Hall–Kier alpha value is -1.46. The maximum absolute atomic E-state index is 11.6. The molecule has 20 heavy (non-hydrogen) atoms. The van der Waals surface area contributed by atoms with Gasteiger partial charge in [-0.05, 0) is 44.1 Å². The SMILES string of the molecule is Nc1ccc(NC(=O)OCCN2CCCCC2)c(Cl)c1. The molecule has 0 bridgehead atoms. The molecule has 0 unspecified atom stereocenters. The second-order valence-electron chi connectivity index (χ2n) is 4.90. The molecule has 0 aliphatic carbocycles. The molecule has 0 atom stereocenters. The lowest BCUT2D eigenvalue weighted by molar-refractivity contribution is 0.131. The molecule has 2 rings (SSSR count). The number of halogens is 1. The van der Waals surface area contributed by atoms with Crippen molar-refractivity contribution >= 4 is 29.1 Å². The first-order valence-electron chi connectivity index (χ1n) is 6.86. The number of nitrogen functional groups attached to an aromatic ring is 1. The van der Waals surface area contributed by atoms with Gasteiger partial charge in [0.2, 0.25) is 0 Å². The lowest BCUT2D eigenvalue weighted by atomic mass is 10.1. The highest BCUT2D eigenvalue weighted by Gasteiger charge is 2.11. The molecule has 0 spiro atoms. The first kappa shape index (κ1) is 14.9. The van der Waals surface area contributed by atoms with Crippen LogP contribution < -0.4 is 11.1 Å². The number of ether oxygens (including phenoxy) is 1. The number of hydrogen-bond donors (Lipinski definition) is 2. The standard InChI is InChI=1S/C14H20ClN3O2/c15-12-10-11(16)4-5-13(12)17-14(19)20-9-8-18-6-2-1-3-7-18/h4-5,10H,1-3,6-9,16H2,(H,17,19). The molecule has 0 aromatic heterocycles. The van der Waals surface area contributed by atoms with Gasteiger partial charge in [-0.25, -0.2) is 4.79 Å². The summed E-state index contributed by atoms with van der Waals surface area (Å²) in [6.45, 7) is 3.35. The van der Waals surface area contributed by atoms with E-state index < -0.39 is 6.09 Å². The van der Waals surface area contributed by atoms with E-state index in [0.717, 1.165) is 19.6 Å². The number of anilines is 2. The van der Waals surface area contributed by atoms with Crippen molar-refractivity contribution in [3.8, 4) is 0 Å².